The van der Waals surface area contributed by atoms with Gasteiger partial charge in [-0.25, -0.2) is 0 Å². The first kappa shape index (κ1) is 35.9. The monoisotopic (exact) mass is 602 g/mol. The van der Waals surface area contributed by atoms with Crippen molar-refractivity contribution in [1.29, 1.82) is 0 Å². The lowest BCUT2D eigenvalue weighted by Gasteiger charge is -2.28. The topological polar surface area (TPSA) is 43.2 Å². The molecule has 2 atom stereocenters. The van der Waals surface area contributed by atoms with Gasteiger partial charge in [0, 0.05) is 23.6 Å². The Morgan fingerprint density at radius 1 is 0.636 bits per heavy atom. The molecule has 0 aliphatic heterocycles. The number of benzene rings is 2. The van der Waals surface area contributed by atoms with Crippen LogP contribution >= 0.6 is 0 Å². The van der Waals surface area contributed by atoms with Gasteiger partial charge in [0.2, 0.25) is 0 Å². The van der Waals surface area contributed by atoms with Crippen LogP contribution in [-0.2, 0) is 0 Å². The van der Waals surface area contributed by atoms with Crippen molar-refractivity contribution in [2.45, 2.75) is 170 Å². The summed E-state index contributed by atoms with van der Waals surface area (Å²) in [6.07, 6.45) is 13.2. The second-order valence-corrected chi connectivity index (χ2v) is 14.9. The molecular formula is C40H62N2O2. The Morgan fingerprint density at radius 2 is 0.977 bits per heavy atom. The quantitative estimate of drug-likeness (QED) is 0.227. The fourth-order valence-corrected chi connectivity index (χ4v) is 6.53. The summed E-state index contributed by atoms with van der Waals surface area (Å²) in [5.74, 6) is 2.98. The first-order chi connectivity index (χ1) is 20.7. The minimum absolute atomic E-state index is 0.148. The number of rotatable bonds is 12. The highest BCUT2D eigenvalue weighted by Crippen LogP contribution is 2.35. The Balaban J connectivity index is 2.01. The van der Waals surface area contributed by atoms with Crippen molar-refractivity contribution in [3.8, 4) is 11.5 Å². The normalized spacial score (nSPS) is 18.2. The Kier molecular flexibility index (Phi) is 12.7. The van der Waals surface area contributed by atoms with Gasteiger partial charge in [-0.05, 0) is 140 Å². The maximum absolute atomic E-state index is 6.52. The first-order valence-corrected chi connectivity index (χ1v) is 17.4. The van der Waals surface area contributed by atoms with Gasteiger partial charge in [-0.3, -0.25) is 9.98 Å². The van der Waals surface area contributed by atoms with Crippen molar-refractivity contribution in [1.82, 2.24) is 0 Å². The van der Waals surface area contributed by atoms with Gasteiger partial charge in [-0.2, -0.15) is 0 Å². The van der Waals surface area contributed by atoms with Crippen molar-refractivity contribution in [2.75, 3.05) is 0 Å². The summed E-state index contributed by atoms with van der Waals surface area (Å²) >= 11 is 0. The largest absolute Gasteiger partial charge is 0.487 e. The van der Waals surface area contributed by atoms with E-state index < -0.39 is 0 Å². The second-order valence-electron chi connectivity index (χ2n) is 14.9. The summed E-state index contributed by atoms with van der Waals surface area (Å²) in [5, 5.41) is 0. The lowest BCUT2D eigenvalue weighted by molar-refractivity contribution is 0.129. The number of aliphatic imine (C=N–C) groups is 2. The zero-order valence-electron chi connectivity index (χ0n) is 30.1. The predicted octanol–water partition coefficient (Wildman–Crippen LogP) is 11.3. The number of ether oxygens (including phenoxy) is 2. The average molecular weight is 603 g/mol. The highest BCUT2D eigenvalue weighted by Gasteiger charge is 2.25. The van der Waals surface area contributed by atoms with E-state index in [1.165, 1.54) is 35.1 Å². The van der Waals surface area contributed by atoms with E-state index in [4.69, 9.17) is 19.5 Å². The molecule has 1 aliphatic carbocycles. The molecule has 3 rings (SSSR count). The molecule has 0 heterocycles. The molecule has 0 spiro atoms. The number of hydrogen-bond acceptors (Lipinski definition) is 4. The van der Waals surface area contributed by atoms with Crippen LogP contribution < -0.4 is 9.47 Å². The van der Waals surface area contributed by atoms with Crippen molar-refractivity contribution in [3.63, 3.8) is 0 Å². The molecule has 2 unspecified atom stereocenters. The van der Waals surface area contributed by atoms with Crippen LogP contribution in [-0.4, -0.2) is 35.7 Å². The molecule has 4 heteroatoms. The van der Waals surface area contributed by atoms with E-state index >= 15 is 0 Å². The molecule has 0 bridgehead atoms. The lowest BCUT2D eigenvalue weighted by atomic mass is 9.89. The summed E-state index contributed by atoms with van der Waals surface area (Å²) < 4.78 is 13.0. The zero-order chi connectivity index (χ0) is 32.7. The molecule has 2 aromatic rings. The van der Waals surface area contributed by atoms with Crippen molar-refractivity contribution in [3.05, 3.63) is 57.6 Å². The number of aryl methyl sites for hydroxylation is 2. The molecule has 244 valence electrons. The molecule has 0 saturated heterocycles. The summed E-state index contributed by atoms with van der Waals surface area (Å²) in [7, 11) is 0. The minimum atomic E-state index is -0.282. The van der Waals surface area contributed by atoms with Gasteiger partial charge >= 0.3 is 0 Å². The van der Waals surface area contributed by atoms with Crippen LogP contribution in [0.1, 0.15) is 166 Å². The summed E-state index contributed by atoms with van der Waals surface area (Å²) in [6, 6.07) is 9.57. The molecule has 1 fully saturated rings. The van der Waals surface area contributed by atoms with Crippen LogP contribution in [0.15, 0.2) is 34.3 Å². The molecule has 0 aromatic heterocycles. The molecule has 1 aliphatic rings. The van der Waals surface area contributed by atoms with Crippen molar-refractivity contribution in [2.24, 2.45) is 9.98 Å². The average Bonchev–Trinajstić information content (AvgIpc) is 2.94. The van der Waals surface area contributed by atoms with Gasteiger partial charge in [-0.1, -0.05) is 52.7 Å². The Labute approximate surface area is 270 Å². The highest BCUT2D eigenvalue weighted by atomic mass is 16.5. The van der Waals surface area contributed by atoms with Crippen LogP contribution in [0.25, 0.3) is 0 Å². The summed E-state index contributed by atoms with van der Waals surface area (Å²) in [5.41, 5.74) is 6.74. The van der Waals surface area contributed by atoms with Gasteiger partial charge in [0.25, 0.3) is 0 Å². The third-order valence-electron chi connectivity index (χ3n) is 8.89. The smallest absolute Gasteiger partial charge is 0.131 e. The van der Waals surface area contributed by atoms with Crippen LogP contribution in [0.5, 0.6) is 11.5 Å². The Hall–Kier alpha value is -2.62. The van der Waals surface area contributed by atoms with Crippen LogP contribution in [0.3, 0.4) is 0 Å². The fourth-order valence-electron chi connectivity index (χ4n) is 6.53. The van der Waals surface area contributed by atoms with E-state index in [9.17, 15) is 0 Å². The zero-order valence-corrected chi connectivity index (χ0v) is 30.1. The molecule has 1 saturated carbocycles. The van der Waals surface area contributed by atoms with Crippen LogP contribution in [0, 0.1) is 13.8 Å². The van der Waals surface area contributed by atoms with E-state index in [0.717, 1.165) is 61.2 Å². The van der Waals surface area contributed by atoms with E-state index in [2.05, 4.69) is 120 Å². The van der Waals surface area contributed by atoms with Crippen LogP contribution in [0.2, 0.25) is 0 Å². The summed E-state index contributed by atoms with van der Waals surface area (Å²) in [6.45, 7) is 26.2. The van der Waals surface area contributed by atoms with Crippen molar-refractivity contribution < 1.29 is 9.47 Å². The maximum atomic E-state index is 6.52. The molecule has 0 N–H and O–H groups in total. The molecular weight excluding hydrogens is 540 g/mol. The third-order valence-corrected chi connectivity index (χ3v) is 8.89. The molecule has 2 aromatic carbocycles. The van der Waals surface area contributed by atoms with Crippen LogP contribution in [0.4, 0.5) is 0 Å². The van der Waals surface area contributed by atoms with Crippen molar-refractivity contribution >= 4 is 12.4 Å². The SMILES string of the molecule is CCC(CC)c1cc(C)c(OC(C)(C)C)c(/C=N/C2CCCCC2/N=C/c2cc(C(CC)CC)cc(C)c2OC(C)(C)C)c1. The molecule has 44 heavy (non-hydrogen) atoms. The second kappa shape index (κ2) is 15.6. The standard InChI is InChI=1S/C40H62N2O2/c1-13-29(14-2)31-21-27(5)37(43-39(7,8)9)33(23-31)25-41-35-19-17-18-20-36(35)42-26-34-24-32(30(15-3)16-4)22-28(6)38(34)44-40(10,11)12/h21-26,29-30,35-36H,13-20H2,1-12H3/b41-25+,42-26+. The third kappa shape index (κ3) is 9.94. The molecule has 0 radical (unpaired) electrons. The molecule has 4 nitrogen and oxygen atoms in total. The van der Waals surface area contributed by atoms with Gasteiger partial charge in [-0.15, -0.1) is 0 Å². The van der Waals surface area contributed by atoms with Gasteiger partial charge < -0.3 is 9.47 Å². The van der Waals surface area contributed by atoms with E-state index in [-0.39, 0.29) is 23.3 Å². The summed E-state index contributed by atoms with van der Waals surface area (Å²) in [4.78, 5) is 10.5. The van der Waals surface area contributed by atoms with Gasteiger partial charge in [0.05, 0.1) is 12.1 Å². The fraction of sp³-hybridized carbons (Fsp3) is 0.650. The Morgan fingerprint density at radius 3 is 1.27 bits per heavy atom. The predicted molar refractivity (Wildman–Crippen MR) is 191 cm³/mol. The first-order valence-electron chi connectivity index (χ1n) is 17.4. The number of hydrogen-bond donors (Lipinski definition) is 0. The van der Waals surface area contributed by atoms with E-state index in [1.54, 1.807) is 0 Å². The minimum Gasteiger partial charge on any atom is -0.487 e. The Bertz CT molecular complexity index is 1170. The highest BCUT2D eigenvalue weighted by molar-refractivity contribution is 5.86. The lowest BCUT2D eigenvalue weighted by Crippen LogP contribution is -2.28. The van der Waals surface area contributed by atoms with E-state index in [1.807, 2.05) is 0 Å². The number of nitrogens with zero attached hydrogens (tertiary/aromatic N) is 2. The van der Waals surface area contributed by atoms with E-state index in [0.29, 0.717) is 11.8 Å². The van der Waals surface area contributed by atoms with Gasteiger partial charge in [0.15, 0.2) is 0 Å². The molecule has 0 amide bonds. The maximum Gasteiger partial charge on any atom is 0.131 e. The van der Waals surface area contributed by atoms with Gasteiger partial charge in [0.1, 0.15) is 22.7 Å².